The first-order chi connectivity index (χ1) is 9.72. The normalized spacial score (nSPS) is 14.5. The molecule has 2 rings (SSSR count). The van der Waals surface area contributed by atoms with Crippen LogP contribution in [0.4, 0.5) is 0 Å². The highest BCUT2D eigenvalue weighted by molar-refractivity contribution is 5.90. The first-order valence-electron chi connectivity index (χ1n) is 7.18. The lowest BCUT2D eigenvalue weighted by Crippen LogP contribution is -2.22. The van der Waals surface area contributed by atoms with Crippen molar-refractivity contribution in [1.82, 2.24) is 15.1 Å². The molecule has 0 aliphatic heterocycles. The minimum Gasteiger partial charge on any atom is -0.462 e. The van der Waals surface area contributed by atoms with Crippen molar-refractivity contribution in [2.75, 3.05) is 26.4 Å². The number of ether oxygens (including phenoxy) is 2. The van der Waals surface area contributed by atoms with E-state index < -0.39 is 0 Å². The van der Waals surface area contributed by atoms with Crippen LogP contribution < -0.4 is 5.32 Å². The second-order valence-electron chi connectivity index (χ2n) is 5.04. The molecule has 0 unspecified atom stereocenters. The van der Waals surface area contributed by atoms with Gasteiger partial charge in [0.15, 0.2) is 0 Å². The predicted molar refractivity (Wildman–Crippen MR) is 74.4 cm³/mol. The van der Waals surface area contributed by atoms with Crippen LogP contribution in [0.3, 0.4) is 0 Å². The molecular formula is C14H23N3O3. The molecule has 1 saturated carbocycles. The molecule has 0 bridgehead atoms. The van der Waals surface area contributed by atoms with E-state index in [9.17, 15) is 4.79 Å². The second kappa shape index (κ2) is 7.40. The van der Waals surface area contributed by atoms with Crippen LogP contribution in [0.1, 0.15) is 35.8 Å². The number of hydrogen-bond acceptors (Lipinski definition) is 5. The van der Waals surface area contributed by atoms with Gasteiger partial charge in [0.2, 0.25) is 0 Å². The molecule has 0 spiro atoms. The fraction of sp³-hybridized carbons (Fsp3) is 0.714. The molecule has 1 heterocycles. The Labute approximate surface area is 119 Å². The SMILES string of the molecule is CCOC(=O)c1cnn(C)c1CNCCOCC1CC1. The summed E-state index contributed by atoms with van der Waals surface area (Å²) in [4.78, 5) is 11.8. The Morgan fingerprint density at radius 2 is 2.35 bits per heavy atom. The molecule has 0 saturated heterocycles. The highest BCUT2D eigenvalue weighted by Crippen LogP contribution is 2.28. The maximum atomic E-state index is 11.8. The summed E-state index contributed by atoms with van der Waals surface area (Å²) < 4.78 is 12.3. The van der Waals surface area contributed by atoms with Crippen LogP contribution in [-0.4, -0.2) is 42.1 Å². The lowest BCUT2D eigenvalue weighted by Gasteiger charge is -2.08. The molecule has 0 radical (unpaired) electrons. The standard InChI is InChI=1S/C14H23N3O3/c1-3-20-14(18)12-8-16-17(2)13(12)9-15-6-7-19-10-11-4-5-11/h8,11,15H,3-7,9-10H2,1-2H3. The van der Waals surface area contributed by atoms with Crippen molar-refractivity contribution in [2.45, 2.75) is 26.3 Å². The summed E-state index contributed by atoms with van der Waals surface area (Å²) in [6.45, 7) is 5.08. The largest absolute Gasteiger partial charge is 0.462 e. The number of carbonyl (C=O) groups is 1. The van der Waals surface area contributed by atoms with Crippen LogP contribution in [0.15, 0.2) is 6.20 Å². The van der Waals surface area contributed by atoms with Crippen LogP contribution >= 0.6 is 0 Å². The summed E-state index contributed by atoms with van der Waals surface area (Å²) in [6.07, 6.45) is 4.18. The van der Waals surface area contributed by atoms with E-state index in [0.29, 0.717) is 25.3 Å². The Kier molecular flexibility index (Phi) is 5.55. The van der Waals surface area contributed by atoms with Crippen LogP contribution in [0.5, 0.6) is 0 Å². The maximum Gasteiger partial charge on any atom is 0.341 e. The van der Waals surface area contributed by atoms with Gasteiger partial charge < -0.3 is 14.8 Å². The Morgan fingerprint density at radius 3 is 3.05 bits per heavy atom. The predicted octanol–water partition coefficient (Wildman–Crippen LogP) is 1.11. The highest BCUT2D eigenvalue weighted by Gasteiger charge is 2.21. The van der Waals surface area contributed by atoms with E-state index in [1.165, 1.54) is 12.8 Å². The first kappa shape index (κ1) is 15.0. The van der Waals surface area contributed by atoms with Gasteiger partial charge in [-0.3, -0.25) is 4.68 Å². The molecule has 0 amide bonds. The van der Waals surface area contributed by atoms with Crippen LogP contribution in [0, 0.1) is 5.92 Å². The van der Waals surface area contributed by atoms with Gasteiger partial charge in [-0.15, -0.1) is 0 Å². The molecule has 6 nitrogen and oxygen atoms in total. The van der Waals surface area contributed by atoms with E-state index in [0.717, 1.165) is 24.8 Å². The molecule has 112 valence electrons. The van der Waals surface area contributed by atoms with Gasteiger partial charge in [-0.1, -0.05) is 0 Å². The van der Waals surface area contributed by atoms with Gasteiger partial charge in [-0.05, 0) is 25.7 Å². The zero-order valence-corrected chi connectivity index (χ0v) is 12.2. The maximum absolute atomic E-state index is 11.8. The zero-order valence-electron chi connectivity index (χ0n) is 12.2. The topological polar surface area (TPSA) is 65.4 Å². The van der Waals surface area contributed by atoms with Crippen molar-refractivity contribution >= 4 is 5.97 Å². The van der Waals surface area contributed by atoms with Gasteiger partial charge >= 0.3 is 5.97 Å². The molecule has 6 heteroatoms. The van der Waals surface area contributed by atoms with Crippen molar-refractivity contribution in [3.8, 4) is 0 Å². The van der Waals surface area contributed by atoms with Crippen molar-refractivity contribution in [2.24, 2.45) is 13.0 Å². The quantitative estimate of drug-likeness (QED) is 0.542. The Morgan fingerprint density at radius 1 is 1.55 bits per heavy atom. The van der Waals surface area contributed by atoms with Gasteiger partial charge in [-0.2, -0.15) is 5.10 Å². The number of hydrogen-bond donors (Lipinski definition) is 1. The van der Waals surface area contributed by atoms with E-state index in [1.807, 2.05) is 7.05 Å². The molecule has 1 aliphatic carbocycles. The van der Waals surface area contributed by atoms with Gasteiger partial charge in [-0.25, -0.2) is 4.79 Å². The number of carbonyl (C=O) groups excluding carboxylic acids is 1. The van der Waals surface area contributed by atoms with Crippen LogP contribution in [0.25, 0.3) is 0 Å². The summed E-state index contributed by atoms with van der Waals surface area (Å²) in [5.41, 5.74) is 1.37. The van der Waals surface area contributed by atoms with Crippen molar-refractivity contribution in [3.63, 3.8) is 0 Å². The summed E-state index contributed by atoms with van der Waals surface area (Å²) >= 11 is 0. The molecule has 0 aromatic carbocycles. The lowest BCUT2D eigenvalue weighted by molar-refractivity contribution is 0.0524. The third-order valence-corrected chi connectivity index (χ3v) is 3.32. The number of nitrogens with zero attached hydrogens (tertiary/aromatic N) is 2. The Hall–Kier alpha value is -1.40. The molecule has 20 heavy (non-hydrogen) atoms. The smallest absolute Gasteiger partial charge is 0.341 e. The number of aryl methyl sites for hydroxylation is 1. The number of nitrogens with one attached hydrogen (secondary N) is 1. The first-order valence-corrected chi connectivity index (χ1v) is 7.18. The average Bonchev–Trinajstić information content (AvgIpc) is 3.18. The molecule has 1 aromatic rings. The van der Waals surface area contributed by atoms with E-state index in [4.69, 9.17) is 9.47 Å². The zero-order chi connectivity index (χ0) is 14.4. The Balaban J connectivity index is 1.73. The highest BCUT2D eigenvalue weighted by atomic mass is 16.5. The molecule has 1 N–H and O–H groups in total. The number of esters is 1. The fourth-order valence-electron chi connectivity index (χ4n) is 1.94. The van der Waals surface area contributed by atoms with Crippen LogP contribution in [0.2, 0.25) is 0 Å². The average molecular weight is 281 g/mol. The third-order valence-electron chi connectivity index (χ3n) is 3.32. The molecule has 1 aromatic heterocycles. The van der Waals surface area contributed by atoms with Gasteiger partial charge in [0.05, 0.1) is 25.1 Å². The van der Waals surface area contributed by atoms with Gasteiger partial charge in [0.25, 0.3) is 0 Å². The summed E-state index contributed by atoms with van der Waals surface area (Å²) in [6, 6.07) is 0. The van der Waals surface area contributed by atoms with Crippen molar-refractivity contribution in [3.05, 3.63) is 17.5 Å². The number of aromatic nitrogens is 2. The van der Waals surface area contributed by atoms with Gasteiger partial charge in [0.1, 0.15) is 5.56 Å². The van der Waals surface area contributed by atoms with Gasteiger partial charge in [0, 0.05) is 26.7 Å². The minimum atomic E-state index is -0.317. The fourth-order valence-corrected chi connectivity index (χ4v) is 1.94. The van der Waals surface area contributed by atoms with Crippen LogP contribution in [-0.2, 0) is 23.1 Å². The lowest BCUT2D eigenvalue weighted by atomic mass is 10.2. The summed E-state index contributed by atoms with van der Waals surface area (Å²) in [5, 5.41) is 7.38. The molecule has 0 atom stereocenters. The molecule has 1 aliphatic rings. The van der Waals surface area contributed by atoms with Crippen molar-refractivity contribution < 1.29 is 14.3 Å². The monoisotopic (exact) mass is 281 g/mol. The van der Waals surface area contributed by atoms with E-state index in [1.54, 1.807) is 17.8 Å². The second-order valence-corrected chi connectivity index (χ2v) is 5.04. The van der Waals surface area contributed by atoms with Crippen molar-refractivity contribution in [1.29, 1.82) is 0 Å². The number of rotatable bonds is 9. The Bertz CT molecular complexity index is 441. The molecule has 1 fully saturated rings. The van der Waals surface area contributed by atoms with E-state index in [-0.39, 0.29) is 5.97 Å². The third kappa shape index (κ3) is 4.31. The van der Waals surface area contributed by atoms with E-state index in [2.05, 4.69) is 10.4 Å². The summed E-state index contributed by atoms with van der Waals surface area (Å²) in [7, 11) is 1.82. The molecular weight excluding hydrogens is 258 g/mol. The van der Waals surface area contributed by atoms with E-state index >= 15 is 0 Å². The minimum absolute atomic E-state index is 0.317. The summed E-state index contributed by atoms with van der Waals surface area (Å²) in [5.74, 6) is 0.477.